The normalized spacial score (nSPS) is 12.1. The summed E-state index contributed by atoms with van der Waals surface area (Å²) in [5.41, 5.74) is 1.44. The molecule has 0 aliphatic carbocycles. The molecule has 1 unspecified atom stereocenters. The van der Waals surface area contributed by atoms with Crippen LogP contribution >= 0.6 is 0 Å². The molecule has 184 valence electrons. The van der Waals surface area contributed by atoms with E-state index in [4.69, 9.17) is 9.47 Å². The molecule has 0 aliphatic rings. The molecule has 0 aliphatic heterocycles. The number of halogens is 1. The number of quaternary nitrogens is 1. The van der Waals surface area contributed by atoms with E-state index in [0.717, 1.165) is 11.6 Å². The summed E-state index contributed by atoms with van der Waals surface area (Å²) in [5, 5.41) is 2.79. The largest absolute Gasteiger partial charge is 0.462 e. The van der Waals surface area contributed by atoms with Crippen LogP contribution in [0.1, 0.15) is 48.2 Å². The van der Waals surface area contributed by atoms with Gasteiger partial charge >= 0.3 is 11.9 Å². The number of amides is 1. The van der Waals surface area contributed by atoms with Crippen LogP contribution < -0.4 is 5.32 Å². The van der Waals surface area contributed by atoms with Crippen molar-refractivity contribution in [3.63, 3.8) is 0 Å². The number of nitrogens with one attached hydrogen (secondary N) is 1. The van der Waals surface area contributed by atoms with Crippen molar-refractivity contribution in [1.82, 2.24) is 0 Å². The molecule has 0 heterocycles. The molecule has 0 spiro atoms. The Morgan fingerprint density at radius 3 is 2.35 bits per heavy atom. The molecular weight excluding hydrogens is 439 g/mol. The number of hydrogen-bond donors (Lipinski definition) is 1. The van der Waals surface area contributed by atoms with Crippen LogP contribution in [0.4, 0.5) is 10.1 Å². The predicted octanol–water partition coefficient (Wildman–Crippen LogP) is 4.24. The van der Waals surface area contributed by atoms with Gasteiger partial charge in [0.25, 0.3) is 5.91 Å². The summed E-state index contributed by atoms with van der Waals surface area (Å²) in [6.45, 7) is 5.46. The summed E-state index contributed by atoms with van der Waals surface area (Å²) < 4.78 is 24.5. The SMILES string of the molecule is CCCC(C(=O)Nc1c(C)cc(F)cc1C(=O)OCC)[N+](C)(C)CC(=O)OCc1ccccc1. The number of carbonyl (C=O) groups is 3. The van der Waals surface area contributed by atoms with Gasteiger partial charge in [0.1, 0.15) is 12.4 Å². The van der Waals surface area contributed by atoms with E-state index >= 15 is 0 Å². The van der Waals surface area contributed by atoms with Gasteiger partial charge in [0.05, 0.1) is 32.0 Å². The average Bonchev–Trinajstić information content (AvgIpc) is 2.78. The van der Waals surface area contributed by atoms with Gasteiger partial charge in [-0.3, -0.25) is 4.79 Å². The maximum atomic E-state index is 14.0. The molecule has 7 nitrogen and oxygen atoms in total. The van der Waals surface area contributed by atoms with Crippen molar-refractivity contribution in [2.45, 2.75) is 46.3 Å². The molecule has 0 saturated heterocycles. The Morgan fingerprint density at radius 1 is 1.06 bits per heavy atom. The molecular formula is C26H34FN2O5+. The Hall–Kier alpha value is -3.26. The molecule has 0 bridgehead atoms. The average molecular weight is 474 g/mol. The number of carbonyl (C=O) groups excluding carboxylic acids is 3. The highest BCUT2D eigenvalue weighted by molar-refractivity contribution is 6.03. The lowest BCUT2D eigenvalue weighted by atomic mass is 10.0. The van der Waals surface area contributed by atoms with Crippen molar-refractivity contribution in [2.24, 2.45) is 0 Å². The number of esters is 2. The fraction of sp³-hybridized carbons (Fsp3) is 0.423. The molecule has 2 aromatic carbocycles. The first kappa shape index (κ1) is 27.0. The van der Waals surface area contributed by atoms with E-state index in [1.165, 1.54) is 6.07 Å². The quantitative estimate of drug-likeness (QED) is 0.390. The standard InChI is InChI=1S/C26H33FN2O5/c1-6-11-22(29(4,5)16-23(30)34-17-19-12-9-8-10-13-19)25(31)28-24-18(3)14-20(27)15-21(24)26(32)33-7-2/h8-10,12-15,22H,6-7,11,16-17H2,1-5H3/p+1. The van der Waals surface area contributed by atoms with Gasteiger partial charge in [0.2, 0.25) is 0 Å². The maximum Gasteiger partial charge on any atom is 0.362 e. The minimum Gasteiger partial charge on any atom is -0.462 e. The first-order valence-electron chi connectivity index (χ1n) is 11.4. The summed E-state index contributed by atoms with van der Waals surface area (Å²) in [6.07, 6.45) is 1.20. The maximum absolute atomic E-state index is 14.0. The second kappa shape index (κ2) is 12.3. The molecule has 2 aromatic rings. The second-order valence-corrected chi connectivity index (χ2v) is 8.74. The Balaban J connectivity index is 2.19. The summed E-state index contributed by atoms with van der Waals surface area (Å²) in [7, 11) is 3.57. The van der Waals surface area contributed by atoms with Crippen LogP contribution in [0.25, 0.3) is 0 Å². The third-order valence-corrected chi connectivity index (χ3v) is 5.53. The molecule has 2 rings (SSSR count). The number of ether oxygens (including phenoxy) is 2. The monoisotopic (exact) mass is 473 g/mol. The van der Waals surface area contributed by atoms with E-state index in [-0.39, 0.29) is 41.4 Å². The van der Waals surface area contributed by atoms with E-state index < -0.39 is 23.8 Å². The highest BCUT2D eigenvalue weighted by Crippen LogP contribution is 2.25. The first-order valence-corrected chi connectivity index (χ1v) is 11.4. The molecule has 1 atom stereocenters. The van der Waals surface area contributed by atoms with Gasteiger partial charge in [-0.05, 0) is 43.5 Å². The molecule has 0 aromatic heterocycles. The third-order valence-electron chi connectivity index (χ3n) is 5.53. The third kappa shape index (κ3) is 7.38. The molecule has 0 radical (unpaired) electrons. The van der Waals surface area contributed by atoms with Crippen LogP contribution in [0.15, 0.2) is 42.5 Å². The predicted molar refractivity (Wildman–Crippen MR) is 128 cm³/mol. The number of benzene rings is 2. The lowest BCUT2D eigenvalue weighted by Crippen LogP contribution is -2.57. The van der Waals surface area contributed by atoms with Crippen molar-refractivity contribution in [1.29, 1.82) is 0 Å². The number of anilines is 1. The van der Waals surface area contributed by atoms with E-state index in [1.54, 1.807) is 27.9 Å². The number of aryl methyl sites for hydroxylation is 1. The van der Waals surface area contributed by atoms with Crippen LogP contribution in [-0.4, -0.2) is 55.6 Å². The topological polar surface area (TPSA) is 81.7 Å². The van der Waals surface area contributed by atoms with Crippen LogP contribution in [0.2, 0.25) is 0 Å². The summed E-state index contributed by atoms with van der Waals surface area (Å²) in [4.78, 5) is 38.3. The van der Waals surface area contributed by atoms with E-state index in [2.05, 4.69) is 5.32 Å². The van der Waals surface area contributed by atoms with Crippen molar-refractivity contribution in [2.75, 3.05) is 32.6 Å². The van der Waals surface area contributed by atoms with Crippen molar-refractivity contribution < 1.29 is 32.7 Å². The summed E-state index contributed by atoms with van der Waals surface area (Å²) >= 11 is 0. The first-order chi connectivity index (χ1) is 16.1. The highest BCUT2D eigenvalue weighted by Gasteiger charge is 2.37. The lowest BCUT2D eigenvalue weighted by Gasteiger charge is -2.36. The van der Waals surface area contributed by atoms with E-state index in [0.29, 0.717) is 18.4 Å². The van der Waals surface area contributed by atoms with Gasteiger partial charge in [-0.15, -0.1) is 0 Å². The Morgan fingerprint density at radius 2 is 1.74 bits per heavy atom. The Kier molecular flexibility index (Phi) is 9.74. The Labute approximate surface area is 200 Å². The second-order valence-electron chi connectivity index (χ2n) is 8.74. The van der Waals surface area contributed by atoms with Gasteiger partial charge in [-0.1, -0.05) is 37.3 Å². The van der Waals surface area contributed by atoms with Crippen molar-refractivity contribution >= 4 is 23.5 Å². The molecule has 0 fully saturated rings. The van der Waals surface area contributed by atoms with E-state index in [9.17, 15) is 18.8 Å². The molecule has 1 N–H and O–H groups in total. The van der Waals surface area contributed by atoms with Crippen molar-refractivity contribution in [3.05, 3.63) is 65.0 Å². The van der Waals surface area contributed by atoms with Gasteiger partial charge in [0.15, 0.2) is 12.6 Å². The van der Waals surface area contributed by atoms with Gasteiger partial charge < -0.3 is 19.3 Å². The Bertz CT molecular complexity index is 1010. The molecule has 8 heteroatoms. The summed E-state index contributed by atoms with van der Waals surface area (Å²) in [5.74, 6) is -2.11. The van der Waals surface area contributed by atoms with Crippen molar-refractivity contribution in [3.8, 4) is 0 Å². The number of likely N-dealkylation sites (N-methyl/N-ethyl adjacent to an activating group) is 1. The minimum atomic E-state index is -0.717. The lowest BCUT2D eigenvalue weighted by molar-refractivity contribution is -0.899. The van der Waals surface area contributed by atoms with Crippen LogP contribution in [0.3, 0.4) is 0 Å². The van der Waals surface area contributed by atoms with Gasteiger partial charge in [-0.2, -0.15) is 0 Å². The zero-order valence-corrected chi connectivity index (χ0v) is 20.5. The number of hydrogen-bond acceptors (Lipinski definition) is 5. The molecule has 34 heavy (non-hydrogen) atoms. The van der Waals surface area contributed by atoms with Gasteiger partial charge in [0, 0.05) is 6.42 Å². The highest BCUT2D eigenvalue weighted by atomic mass is 19.1. The zero-order chi connectivity index (χ0) is 25.3. The van der Waals surface area contributed by atoms with E-state index in [1.807, 2.05) is 37.3 Å². The fourth-order valence-electron chi connectivity index (χ4n) is 3.78. The number of nitrogens with zero attached hydrogens (tertiary/aromatic N) is 1. The molecule has 1 amide bonds. The minimum absolute atomic E-state index is 0.0158. The fourth-order valence-corrected chi connectivity index (χ4v) is 3.78. The summed E-state index contributed by atoms with van der Waals surface area (Å²) in [6, 6.07) is 11.0. The van der Waals surface area contributed by atoms with Crippen LogP contribution in [-0.2, 0) is 25.7 Å². The van der Waals surface area contributed by atoms with Gasteiger partial charge in [-0.25, -0.2) is 14.0 Å². The molecule has 0 saturated carbocycles. The zero-order valence-electron chi connectivity index (χ0n) is 20.5. The van der Waals surface area contributed by atoms with Crippen LogP contribution in [0.5, 0.6) is 0 Å². The smallest absolute Gasteiger partial charge is 0.362 e. The van der Waals surface area contributed by atoms with Crippen LogP contribution in [0, 0.1) is 12.7 Å². The number of rotatable bonds is 11.